The highest BCUT2D eigenvalue weighted by Crippen LogP contribution is 2.46. The lowest BCUT2D eigenvalue weighted by atomic mass is 9.94. The molecule has 1 aliphatic carbocycles. The number of hydrogen-bond donors (Lipinski definition) is 3. The SMILES string of the molecule is O=C(O)NC1(c2cn[nH]n2)CCC(F)(F)C1. The zero-order valence-electron chi connectivity index (χ0n) is 8.20. The molecule has 3 N–H and O–H groups in total. The minimum absolute atomic E-state index is 0.0127. The summed E-state index contributed by atoms with van der Waals surface area (Å²) in [6.07, 6.45) is -1.02. The van der Waals surface area contributed by atoms with E-state index in [0.717, 1.165) is 0 Å². The number of nitrogens with one attached hydrogen (secondary N) is 2. The van der Waals surface area contributed by atoms with Crippen LogP contribution < -0.4 is 5.32 Å². The van der Waals surface area contributed by atoms with E-state index in [2.05, 4.69) is 20.7 Å². The van der Waals surface area contributed by atoms with Gasteiger partial charge >= 0.3 is 6.09 Å². The van der Waals surface area contributed by atoms with E-state index in [1.165, 1.54) is 6.20 Å². The molecule has 16 heavy (non-hydrogen) atoms. The molecule has 8 heteroatoms. The maximum atomic E-state index is 13.2. The van der Waals surface area contributed by atoms with Crippen LogP contribution >= 0.6 is 0 Å². The van der Waals surface area contributed by atoms with Crippen molar-refractivity contribution in [3.05, 3.63) is 11.9 Å². The highest BCUT2D eigenvalue weighted by atomic mass is 19.3. The van der Waals surface area contributed by atoms with Crippen molar-refractivity contribution in [2.24, 2.45) is 0 Å². The van der Waals surface area contributed by atoms with Gasteiger partial charge in [-0.05, 0) is 6.42 Å². The van der Waals surface area contributed by atoms with Gasteiger partial charge in [0.1, 0.15) is 5.69 Å². The molecule has 1 saturated carbocycles. The molecule has 88 valence electrons. The van der Waals surface area contributed by atoms with Crippen LogP contribution in [0.4, 0.5) is 13.6 Å². The van der Waals surface area contributed by atoms with Gasteiger partial charge in [-0.15, -0.1) is 0 Å². The first-order valence-electron chi connectivity index (χ1n) is 4.69. The third kappa shape index (κ3) is 1.82. The van der Waals surface area contributed by atoms with E-state index in [1.807, 2.05) is 0 Å². The van der Waals surface area contributed by atoms with E-state index in [1.54, 1.807) is 0 Å². The molecule has 1 aliphatic rings. The predicted molar refractivity (Wildman–Crippen MR) is 48.0 cm³/mol. The molecule has 0 radical (unpaired) electrons. The molecular weight excluding hydrogens is 222 g/mol. The van der Waals surface area contributed by atoms with Gasteiger partial charge < -0.3 is 10.4 Å². The molecule has 0 aliphatic heterocycles. The van der Waals surface area contributed by atoms with Crippen molar-refractivity contribution in [2.75, 3.05) is 0 Å². The summed E-state index contributed by atoms with van der Waals surface area (Å²) in [6.45, 7) is 0. The molecule has 1 atom stereocenters. The first-order chi connectivity index (χ1) is 7.44. The fraction of sp³-hybridized carbons (Fsp3) is 0.625. The van der Waals surface area contributed by atoms with Crippen LogP contribution in [0, 0.1) is 0 Å². The van der Waals surface area contributed by atoms with Crippen molar-refractivity contribution in [2.45, 2.75) is 30.7 Å². The molecule has 1 heterocycles. The van der Waals surface area contributed by atoms with Crippen molar-refractivity contribution in [1.82, 2.24) is 20.7 Å². The van der Waals surface area contributed by atoms with E-state index in [4.69, 9.17) is 5.11 Å². The van der Waals surface area contributed by atoms with Crippen LogP contribution in [0.25, 0.3) is 0 Å². The van der Waals surface area contributed by atoms with Gasteiger partial charge in [0.15, 0.2) is 0 Å². The number of carbonyl (C=O) groups is 1. The second-order valence-corrected chi connectivity index (χ2v) is 3.90. The lowest BCUT2D eigenvalue weighted by Gasteiger charge is -2.26. The first-order valence-corrected chi connectivity index (χ1v) is 4.69. The molecule has 1 amide bonds. The molecule has 0 saturated heterocycles. The Labute approximate surface area is 89.0 Å². The Morgan fingerprint density at radius 3 is 2.75 bits per heavy atom. The molecule has 0 bridgehead atoms. The lowest BCUT2D eigenvalue weighted by molar-refractivity contribution is 0.000539. The molecule has 1 aromatic rings. The Kier molecular flexibility index (Phi) is 2.28. The normalized spacial score (nSPS) is 27.9. The highest BCUT2D eigenvalue weighted by molar-refractivity contribution is 5.66. The summed E-state index contributed by atoms with van der Waals surface area (Å²) in [5.74, 6) is -2.87. The zero-order chi connectivity index (χ0) is 11.8. The van der Waals surface area contributed by atoms with E-state index >= 15 is 0 Å². The molecule has 0 spiro atoms. The topological polar surface area (TPSA) is 90.9 Å². The molecule has 1 unspecified atom stereocenters. The summed E-state index contributed by atoms with van der Waals surface area (Å²) < 4.78 is 26.4. The molecule has 1 aromatic heterocycles. The van der Waals surface area contributed by atoms with Gasteiger partial charge in [-0.25, -0.2) is 13.6 Å². The van der Waals surface area contributed by atoms with Crippen molar-refractivity contribution in [3.63, 3.8) is 0 Å². The fourth-order valence-electron chi connectivity index (χ4n) is 2.04. The quantitative estimate of drug-likeness (QED) is 0.711. The second-order valence-electron chi connectivity index (χ2n) is 3.90. The van der Waals surface area contributed by atoms with E-state index in [0.29, 0.717) is 0 Å². The zero-order valence-corrected chi connectivity index (χ0v) is 8.20. The molecule has 0 aromatic carbocycles. The lowest BCUT2D eigenvalue weighted by Crippen LogP contribution is -2.44. The predicted octanol–water partition coefficient (Wildman–Crippen LogP) is 1.09. The minimum atomic E-state index is -2.87. The molecule has 2 rings (SSSR count). The summed E-state index contributed by atoms with van der Waals surface area (Å²) in [7, 11) is 0. The van der Waals surface area contributed by atoms with Gasteiger partial charge in [0, 0.05) is 12.8 Å². The average molecular weight is 232 g/mol. The maximum Gasteiger partial charge on any atom is 0.405 e. The Morgan fingerprint density at radius 1 is 1.56 bits per heavy atom. The Morgan fingerprint density at radius 2 is 2.31 bits per heavy atom. The number of rotatable bonds is 2. The van der Waals surface area contributed by atoms with Crippen molar-refractivity contribution in [1.29, 1.82) is 0 Å². The van der Waals surface area contributed by atoms with Crippen LogP contribution in [-0.2, 0) is 5.54 Å². The van der Waals surface area contributed by atoms with Gasteiger partial charge in [-0.2, -0.15) is 15.4 Å². The highest BCUT2D eigenvalue weighted by Gasteiger charge is 2.52. The van der Waals surface area contributed by atoms with Crippen LogP contribution in [0.5, 0.6) is 0 Å². The summed E-state index contributed by atoms with van der Waals surface area (Å²) in [5, 5.41) is 20.3. The average Bonchev–Trinajstić information content (AvgIpc) is 2.72. The standard InChI is InChI=1S/C8H10F2N4O2/c9-8(10)2-1-7(4-8,12-6(15)16)5-3-11-14-13-5/h3,12H,1-2,4H2,(H,15,16)(H,11,13,14). The number of aromatic amines is 1. The number of aromatic nitrogens is 3. The van der Waals surface area contributed by atoms with Crippen LogP contribution in [-0.4, -0.2) is 32.5 Å². The monoisotopic (exact) mass is 232 g/mol. The van der Waals surface area contributed by atoms with E-state index < -0.39 is 24.0 Å². The van der Waals surface area contributed by atoms with Gasteiger partial charge in [-0.3, -0.25) is 0 Å². The van der Waals surface area contributed by atoms with Crippen LogP contribution in [0.15, 0.2) is 6.20 Å². The number of carboxylic acid groups (broad SMARTS) is 1. The van der Waals surface area contributed by atoms with Gasteiger partial charge in [0.05, 0.1) is 11.7 Å². The fourth-order valence-corrected chi connectivity index (χ4v) is 2.04. The number of amides is 1. The van der Waals surface area contributed by atoms with Gasteiger partial charge in [-0.1, -0.05) is 0 Å². The molecular formula is C8H10F2N4O2. The van der Waals surface area contributed by atoms with Crippen LogP contribution in [0.3, 0.4) is 0 Å². The van der Waals surface area contributed by atoms with Crippen LogP contribution in [0.2, 0.25) is 0 Å². The van der Waals surface area contributed by atoms with Crippen molar-refractivity contribution in [3.8, 4) is 0 Å². The third-order valence-corrected chi connectivity index (χ3v) is 2.73. The van der Waals surface area contributed by atoms with Gasteiger partial charge in [0.25, 0.3) is 5.92 Å². The van der Waals surface area contributed by atoms with E-state index in [-0.39, 0.29) is 18.5 Å². The summed E-state index contributed by atoms with van der Waals surface area (Å²) in [6, 6.07) is 0. The Hall–Kier alpha value is -1.73. The number of nitrogens with zero attached hydrogens (tertiary/aromatic N) is 2. The van der Waals surface area contributed by atoms with Gasteiger partial charge in [0.2, 0.25) is 0 Å². The third-order valence-electron chi connectivity index (χ3n) is 2.73. The van der Waals surface area contributed by atoms with Crippen molar-refractivity contribution < 1.29 is 18.7 Å². The second kappa shape index (κ2) is 3.39. The minimum Gasteiger partial charge on any atom is -0.465 e. The number of H-pyrrole nitrogens is 1. The number of hydrogen-bond acceptors (Lipinski definition) is 3. The maximum absolute atomic E-state index is 13.2. The van der Waals surface area contributed by atoms with E-state index in [9.17, 15) is 13.6 Å². The smallest absolute Gasteiger partial charge is 0.405 e. The molecule has 1 fully saturated rings. The number of halogens is 2. The summed E-state index contributed by atoms with van der Waals surface area (Å²) >= 11 is 0. The molecule has 6 nitrogen and oxygen atoms in total. The summed E-state index contributed by atoms with van der Waals surface area (Å²) in [5.41, 5.74) is -1.13. The Balaban J connectivity index is 2.32. The van der Waals surface area contributed by atoms with Crippen LogP contribution in [0.1, 0.15) is 25.0 Å². The first kappa shape index (κ1) is 10.8. The Bertz CT molecular complexity index is 395. The summed E-state index contributed by atoms with van der Waals surface area (Å²) in [4.78, 5) is 10.7. The largest absolute Gasteiger partial charge is 0.465 e. The number of alkyl halides is 2. The van der Waals surface area contributed by atoms with Crippen molar-refractivity contribution >= 4 is 6.09 Å².